The van der Waals surface area contributed by atoms with Crippen molar-refractivity contribution in [3.05, 3.63) is 41.8 Å². The molecule has 0 saturated carbocycles. The van der Waals surface area contributed by atoms with E-state index in [4.69, 9.17) is 4.74 Å². The summed E-state index contributed by atoms with van der Waals surface area (Å²) < 4.78 is 33.1. The van der Waals surface area contributed by atoms with Crippen molar-refractivity contribution in [1.82, 2.24) is 4.31 Å². The second-order valence-electron chi connectivity index (χ2n) is 5.96. The minimum atomic E-state index is -3.36. The normalized spacial score (nSPS) is 16.5. The number of hydrogen-bond donors (Lipinski definition) is 0. The van der Waals surface area contributed by atoms with Crippen LogP contribution >= 0.6 is 11.3 Å². The van der Waals surface area contributed by atoms with Crippen LogP contribution in [0.3, 0.4) is 0 Å². The molecule has 0 atom stereocenters. The SMILES string of the molecule is CC(C)Oc1ccccc1N1CCN(S(=O)(=O)c2cccs2)CC1. The summed E-state index contributed by atoms with van der Waals surface area (Å²) in [7, 11) is -3.36. The Kier molecular flexibility index (Phi) is 5.12. The highest BCUT2D eigenvalue weighted by Gasteiger charge is 2.29. The van der Waals surface area contributed by atoms with E-state index in [1.165, 1.54) is 11.3 Å². The molecule has 24 heavy (non-hydrogen) atoms. The monoisotopic (exact) mass is 366 g/mol. The fourth-order valence-corrected chi connectivity index (χ4v) is 5.35. The first kappa shape index (κ1) is 17.3. The van der Waals surface area contributed by atoms with Gasteiger partial charge in [-0.15, -0.1) is 11.3 Å². The second-order valence-corrected chi connectivity index (χ2v) is 9.07. The van der Waals surface area contributed by atoms with Gasteiger partial charge in [0.2, 0.25) is 0 Å². The number of hydrogen-bond acceptors (Lipinski definition) is 5. The number of rotatable bonds is 5. The summed E-state index contributed by atoms with van der Waals surface area (Å²) in [5, 5.41) is 1.79. The fraction of sp³-hybridized carbons (Fsp3) is 0.412. The number of benzene rings is 1. The molecule has 0 amide bonds. The molecule has 1 aromatic heterocycles. The van der Waals surface area contributed by atoms with Gasteiger partial charge in [0.25, 0.3) is 10.0 Å². The van der Waals surface area contributed by atoms with Crippen molar-refractivity contribution in [2.45, 2.75) is 24.2 Å². The molecule has 1 saturated heterocycles. The summed E-state index contributed by atoms with van der Waals surface area (Å²) in [4.78, 5) is 2.19. The summed E-state index contributed by atoms with van der Waals surface area (Å²) in [6, 6.07) is 11.4. The summed E-state index contributed by atoms with van der Waals surface area (Å²) in [5.74, 6) is 0.849. The average Bonchev–Trinajstić information content (AvgIpc) is 3.10. The molecule has 130 valence electrons. The second kappa shape index (κ2) is 7.13. The number of thiophene rings is 1. The minimum absolute atomic E-state index is 0.103. The van der Waals surface area contributed by atoms with E-state index in [2.05, 4.69) is 4.90 Å². The van der Waals surface area contributed by atoms with Crippen molar-refractivity contribution in [2.75, 3.05) is 31.1 Å². The van der Waals surface area contributed by atoms with Crippen molar-refractivity contribution < 1.29 is 13.2 Å². The molecule has 0 unspecified atom stereocenters. The molecule has 5 nitrogen and oxygen atoms in total. The van der Waals surface area contributed by atoms with E-state index in [-0.39, 0.29) is 6.10 Å². The van der Waals surface area contributed by atoms with Gasteiger partial charge in [-0.3, -0.25) is 0 Å². The van der Waals surface area contributed by atoms with E-state index in [1.807, 2.05) is 38.1 Å². The molecule has 0 N–H and O–H groups in total. The van der Waals surface area contributed by atoms with Gasteiger partial charge in [-0.2, -0.15) is 4.31 Å². The Hall–Kier alpha value is -1.57. The van der Waals surface area contributed by atoms with Gasteiger partial charge >= 0.3 is 0 Å². The summed E-state index contributed by atoms with van der Waals surface area (Å²) >= 11 is 1.27. The third kappa shape index (κ3) is 3.58. The zero-order valence-corrected chi connectivity index (χ0v) is 15.5. The smallest absolute Gasteiger partial charge is 0.252 e. The Morgan fingerprint density at radius 2 is 1.75 bits per heavy atom. The van der Waals surface area contributed by atoms with Crippen LogP contribution in [-0.4, -0.2) is 45.0 Å². The number of nitrogens with zero attached hydrogens (tertiary/aromatic N) is 2. The highest BCUT2D eigenvalue weighted by molar-refractivity contribution is 7.91. The highest BCUT2D eigenvalue weighted by atomic mass is 32.2. The molecule has 2 heterocycles. The van der Waals surface area contributed by atoms with E-state index in [9.17, 15) is 8.42 Å². The van der Waals surface area contributed by atoms with Crippen LogP contribution in [0, 0.1) is 0 Å². The van der Waals surface area contributed by atoms with Gasteiger partial charge in [-0.1, -0.05) is 18.2 Å². The lowest BCUT2D eigenvalue weighted by Gasteiger charge is -2.36. The molecular formula is C17H22N2O3S2. The first-order chi connectivity index (χ1) is 11.5. The number of piperazine rings is 1. The van der Waals surface area contributed by atoms with Crippen LogP contribution in [0.2, 0.25) is 0 Å². The van der Waals surface area contributed by atoms with E-state index in [1.54, 1.807) is 21.8 Å². The molecule has 1 aliphatic heterocycles. The molecule has 2 aromatic rings. The lowest BCUT2D eigenvalue weighted by Crippen LogP contribution is -2.48. The third-order valence-corrected chi connectivity index (χ3v) is 7.17. The van der Waals surface area contributed by atoms with Gasteiger partial charge in [-0.25, -0.2) is 8.42 Å². The van der Waals surface area contributed by atoms with E-state index in [0.29, 0.717) is 30.4 Å². The zero-order valence-electron chi connectivity index (χ0n) is 13.9. The Balaban J connectivity index is 1.72. The van der Waals surface area contributed by atoms with Crippen LogP contribution in [0.25, 0.3) is 0 Å². The average molecular weight is 367 g/mol. The standard InChI is InChI=1S/C17H22N2O3S2/c1-14(2)22-16-7-4-3-6-15(16)18-9-11-19(12-10-18)24(20,21)17-8-5-13-23-17/h3-8,13-14H,9-12H2,1-2H3. The summed E-state index contributed by atoms with van der Waals surface area (Å²) in [5.41, 5.74) is 1.03. The van der Waals surface area contributed by atoms with Crippen LogP contribution in [-0.2, 0) is 10.0 Å². The molecule has 1 aliphatic rings. The number of para-hydroxylation sites is 2. The van der Waals surface area contributed by atoms with E-state index >= 15 is 0 Å². The van der Waals surface area contributed by atoms with E-state index < -0.39 is 10.0 Å². The van der Waals surface area contributed by atoms with Crippen molar-refractivity contribution >= 4 is 27.0 Å². The Labute approximate surface area is 147 Å². The number of ether oxygens (including phenoxy) is 1. The predicted molar refractivity (Wildman–Crippen MR) is 97.5 cm³/mol. The minimum Gasteiger partial charge on any atom is -0.489 e. The maximum Gasteiger partial charge on any atom is 0.252 e. The van der Waals surface area contributed by atoms with E-state index in [0.717, 1.165) is 11.4 Å². The molecule has 1 aromatic carbocycles. The molecule has 0 radical (unpaired) electrons. The van der Waals surface area contributed by atoms with Crippen LogP contribution in [0.5, 0.6) is 5.75 Å². The Morgan fingerprint density at radius 1 is 1.04 bits per heavy atom. The summed E-state index contributed by atoms with van der Waals surface area (Å²) in [6.45, 7) is 6.28. The Bertz CT molecular complexity index is 765. The molecule has 0 aliphatic carbocycles. The molecule has 0 spiro atoms. The van der Waals surface area contributed by atoms with Gasteiger partial charge in [-0.05, 0) is 37.4 Å². The van der Waals surface area contributed by atoms with Gasteiger partial charge in [0, 0.05) is 26.2 Å². The number of sulfonamides is 1. The topological polar surface area (TPSA) is 49.9 Å². The van der Waals surface area contributed by atoms with Crippen LogP contribution in [0.15, 0.2) is 46.0 Å². The zero-order chi connectivity index (χ0) is 17.2. The van der Waals surface area contributed by atoms with Gasteiger partial charge in [0.05, 0.1) is 11.8 Å². The van der Waals surface area contributed by atoms with Crippen LogP contribution < -0.4 is 9.64 Å². The van der Waals surface area contributed by atoms with Crippen molar-refractivity contribution in [1.29, 1.82) is 0 Å². The van der Waals surface area contributed by atoms with Gasteiger partial charge in [0.15, 0.2) is 0 Å². The Morgan fingerprint density at radius 3 is 2.38 bits per heavy atom. The first-order valence-electron chi connectivity index (χ1n) is 8.03. The largest absolute Gasteiger partial charge is 0.489 e. The number of anilines is 1. The lowest BCUT2D eigenvalue weighted by atomic mass is 10.2. The maximum atomic E-state index is 12.6. The van der Waals surface area contributed by atoms with Crippen molar-refractivity contribution in [2.24, 2.45) is 0 Å². The molecule has 1 fully saturated rings. The quantitative estimate of drug-likeness (QED) is 0.816. The van der Waals surface area contributed by atoms with Crippen molar-refractivity contribution in [3.8, 4) is 5.75 Å². The highest BCUT2D eigenvalue weighted by Crippen LogP contribution is 2.30. The summed E-state index contributed by atoms with van der Waals surface area (Å²) in [6.07, 6.45) is 0.103. The molecule has 3 rings (SSSR count). The third-order valence-electron chi connectivity index (χ3n) is 3.90. The lowest BCUT2D eigenvalue weighted by molar-refractivity contribution is 0.242. The van der Waals surface area contributed by atoms with Crippen LogP contribution in [0.1, 0.15) is 13.8 Å². The molecule has 7 heteroatoms. The first-order valence-corrected chi connectivity index (χ1v) is 10.3. The van der Waals surface area contributed by atoms with Crippen LogP contribution in [0.4, 0.5) is 5.69 Å². The van der Waals surface area contributed by atoms with Crippen molar-refractivity contribution in [3.63, 3.8) is 0 Å². The molecular weight excluding hydrogens is 344 g/mol. The fourth-order valence-electron chi connectivity index (χ4n) is 2.78. The predicted octanol–water partition coefficient (Wildman–Crippen LogP) is 3.05. The van der Waals surface area contributed by atoms with Gasteiger partial charge < -0.3 is 9.64 Å². The van der Waals surface area contributed by atoms with Gasteiger partial charge in [0.1, 0.15) is 9.96 Å². The molecule has 0 bridgehead atoms. The maximum absolute atomic E-state index is 12.6.